The van der Waals surface area contributed by atoms with E-state index in [-0.39, 0.29) is 6.61 Å². The molecule has 0 saturated carbocycles. The molecule has 0 aliphatic rings. The minimum Gasteiger partial charge on any atom is -0.460 e. The second-order valence-corrected chi connectivity index (χ2v) is 6.02. The van der Waals surface area contributed by atoms with Gasteiger partial charge in [-0.25, -0.2) is 9.59 Å². The summed E-state index contributed by atoms with van der Waals surface area (Å²) in [6.07, 6.45) is 1.77. The monoisotopic (exact) mass is 381 g/mol. The Hall–Kier alpha value is -3.61. The van der Waals surface area contributed by atoms with E-state index < -0.39 is 18.0 Å². The second-order valence-electron chi connectivity index (χ2n) is 6.02. The van der Waals surface area contributed by atoms with Crippen molar-refractivity contribution in [1.82, 2.24) is 5.32 Å². The summed E-state index contributed by atoms with van der Waals surface area (Å²) in [5.74, 6) is -0.538. The summed E-state index contributed by atoms with van der Waals surface area (Å²) in [6, 6.07) is 14.7. The number of esters is 1. The minimum atomic E-state index is -0.842. The van der Waals surface area contributed by atoms with Crippen LogP contribution in [-0.2, 0) is 16.0 Å². The Balaban J connectivity index is 2.04. The number of carbonyl (C=O) groups excluding carboxylic acids is 2. The number of carbonyl (C=O) groups is 2. The first-order valence-electron chi connectivity index (χ1n) is 8.71. The van der Waals surface area contributed by atoms with Gasteiger partial charge in [0.15, 0.2) is 0 Å². The van der Waals surface area contributed by atoms with Crippen LogP contribution in [0.1, 0.15) is 18.1 Å². The maximum atomic E-state index is 12.4. The van der Waals surface area contributed by atoms with Gasteiger partial charge in [0, 0.05) is 12.1 Å². The highest BCUT2D eigenvalue weighted by Crippen LogP contribution is 2.11. The molecule has 0 aliphatic heterocycles. The number of benzene rings is 2. The van der Waals surface area contributed by atoms with Crippen molar-refractivity contribution in [3.8, 4) is 0 Å². The molecular formula is C21H23N3O4. The number of anilines is 1. The van der Waals surface area contributed by atoms with Crippen molar-refractivity contribution in [3.05, 3.63) is 78.4 Å². The molecule has 0 radical (unpaired) electrons. The average molecular weight is 381 g/mol. The Morgan fingerprint density at radius 1 is 1.18 bits per heavy atom. The highest BCUT2D eigenvalue weighted by molar-refractivity contribution is 5.99. The molecule has 2 rings (SSSR count). The molecule has 2 aromatic rings. The molecule has 0 spiro atoms. The Morgan fingerprint density at radius 3 is 2.46 bits per heavy atom. The zero-order valence-electron chi connectivity index (χ0n) is 15.6. The van der Waals surface area contributed by atoms with Gasteiger partial charge in [-0.05, 0) is 30.2 Å². The number of hydrogen-bond donors (Lipinski definition) is 3. The molecule has 28 heavy (non-hydrogen) atoms. The van der Waals surface area contributed by atoms with Gasteiger partial charge in [0.25, 0.3) is 0 Å². The van der Waals surface area contributed by atoms with Crippen LogP contribution in [0.5, 0.6) is 0 Å². The van der Waals surface area contributed by atoms with Crippen molar-refractivity contribution in [3.63, 3.8) is 0 Å². The summed E-state index contributed by atoms with van der Waals surface area (Å²) >= 11 is 0. The van der Waals surface area contributed by atoms with Crippen molar-refractivity contribution >= 4 is 23.4 Å². The quantitative estimate of drug-likeness (QED) is 0.215. The number of oxime groups is 1. The van der Waals surface area contributed by atoms with Crippen molar-refractivity contribution < 1.29 is 19.5 Å². The van der Waals surface area contributed by atoms with Crippen LogP contribution in [0.2, 0.25) is 0 Å². The summed E-state index contributed by atoms with van der Waals surface area (Å²) in [4.78, 5) is 24.7. The summed E-state index contributed by atoms with van der Waals surface area (Å²) < 4.78 is 5.09. The van der Waals surface area contributed by atoms with E-state index in [0.29, 0.717) is 17.8 Å². The lowest BCUT2D eigenvalue weighted by Gasteiger charge is -2.18. The molecule has 2 amide bonds. The van der Waals surface area contributed by atoms with Crippen LogP contribution >= 0.6 is 0 Å². The molecule has 146 valence electrons. The van der Waals surface area contributed by atoms with Crippen LogP contribution in [0.3, 0.4) is 0 Å². The summed E-state index contributed by atoms with van der Waals surface area (Å²) in [5, 5.41) is 17.2. The van der Waals surface area contributed by atoms with Crippen molar-refractivity contribution in [1.29, 1.82) is 0 Å². The number of ether oxygens (including phenoxy) is 1. The maximum Gasteiger partial charge on any atom is 0.329 e. The molecule has 0 saturated heterocycles. The predicted molar refractivity (Wildman–Crippen MR) is 108 cm³/mol. The highest BCUT2D eigenvalue weighted by atomic mass is 16.5. The molecule has 3 N–H and O–H groups in total. The number of urea groups is 1. The van der Waals surface area contributed by atoms with Gasteiger partial charge in [0.1, 0.15) is 12.6 Å². The summed E-state index contributed by atoms with van der Waals surface area (Å²) in [7, 11) is 0. The molecule has 0 fully saturated rings. The molecule has 7 nitrogen and oxygen atoms in total. The first kappa shape index (κ1) is 20.7. The van der Waals surface area contributed by atoms with E-state index in [0.717, 1.165) is 11.1 Å². The van der Waals surface area contributed by atoms with Crippen molar-refractivity contribution in [2.75, 3.05) is 11.9 Å². The van der Waals surface area contributed by atoms with Gasteiger partial charge in [-0.2, -0.15) is 0 Å². The standard InChI is InChI=1S/C21H23N3O4/c1-3-13-28-20(25)19(14-16-7-5-4-6-8-16)23-21(26)22-18-11-9-17(10-12-18)15(2)24-27/h3-12,19,27H,1,13-14H2,2H3,(H2,22,23,26)/b24-15+. The van der Waals surface area contributed by atoms with E-state index in [4.69, 9.17) is 9.94 Å². The molecule has 0 aliphatic carbocycles. The number of nitrogens with zero attached hydrogens (tertiary/aromatic N) is 1. The number of rotatable bonds is 8. The van der Waals surface area contributed by atoms with E-state index in [9.17, 15) is 9.59 Å². The zero-order valence-corrected chi connectivity index (χ0v) is 15.6. The Kier molecular flexibility index (Phi) is 7.77. The van der Waals surface area contributed by atoms with Gasteiger partial charge in [0.2, 0.25) is 0 Å². The third kappa shape index (κ3) is 6.28. The third-order valence-corrected chi connectivity index (χ3v) is 3.93. The zero-order chi connectivity index (χ0) is 20.4. The van der Waals surface area contributed by atoms with Crippen molar-refractivity contribution in [2.45, 2.75) is 19.4 Å². The lowest BCUT2D eigenvalue weighted by molar-refractivity contribution is -0.144. The Labute approximate surface area is 163 Å². The van der Waals surface area contributed by atoms with E-state index in [1.807, 2.05) is 30.3 Å². The fourth-order valence-corrected chi connectivity index (χ4v) is 2.46. The van der Waals surface area contributed by atoms with E-state index >= 15 is 0 Å². The fraction of sp³-hybridized carbons (Fsp3) is 0.190. The van der Waals surface area contributed by atoms with Crippen LogP contribution in [-0.4, -0.2) is 35.6 Å². The number of amides is 2. The molecule has 1 atom stereocenters. The summed E-state index contributed by atoms with van der Waals surface area (Å²) in [6.45, 7) is 5.25. The first-order chi connectivity index (χ1) is 13.5. The lowest BCUT2D eigenvalue weighted by Crippen LogP contribution is -2.45. The Morgan fingerprint density at radius 2 is 1.86 bits per heavy atom. The largest absolute Gasteiger partial charge is 0.460 e. The third-order valence-electron chi connectivity index (χ3n) is 3.93. The fourth-order valence-electron chi connectivity index (χ4n) is 2.46. The lowest BCUT2D eigenvalue weighted by atomic mass is 10.1. The number of hydrogen-bond acceptors (Lipinski definition) is 5. The SMILES string of the molecule is C=CCOC(=O)C(Cc1ccccc1)NC(=O)Nc1ccc(/C(C)=N/O)cc1. The molecular weight excluding hydrogens is 358 g/mol. The highest BCUT2D eigenvalue weighted by Gasteiger charge is 2.22. The van der Waals surface area contributed by atoms with Crippen LogP contribution < -0.4 is 10.6 Å². The van der Waals surface area contributed by atoms with Crippen molar-refractivity contribution in [2.24, 2.45) is 5.16 Å². The molecule has 0 heterocycles. The molecule has 7 heteroatoms. The minimum absolute atomic E-state index is 0.0701. The van der Waals surface area contributed by atoms with Crippen LogP contribution in [0, 0.1) is 0 Å². The normalized spacial score (nSPS) is 12.0. The average Bonchev–Trinajstić information content (AvgIpc) is 2.72. The predicted octanol–water partition coefficient (Wildman–Crippen LogP) is 3.35. The van der Waals surface area contributed by atoms with E-state index in [1.54, 1.807) is 31.2 Å². The molecule has 0 bridgehead atoms. The number of nitrogens with one attached hydrogen (secondary N) is 2. The topological polar surface area (TPSA) is 100 Å². The van der Waals surface area contributed by atoms with Gasteiger partial charge in [0.05, 0.1) is 5.71 Å². The second kappa shape index (κ2) is 10.5. The molecule has 0 aromatic heterocycles. The van der Waals surface area contributed by atoms with E-state index in [2.05, 4.69) is 22.4 Å². The van der Waals surface area contributed by atoms with Gasteiger partial charge < -0.3 is 20.6 Å². The van der Waals surface area contributed by atoms with Gasteiger partial charge >= 0.3 is 12.0 Å². The van der Waals surface area contributed by atoms with E-state index in [1.165, 1.54) is 6.08 Å². The smallest absolute Gasteiger partial charge is 0.329 e. The van der Waals surface area contributed by atoms with Crippen LogP contribution in [0.4, 0.5) is 10.5 Å². The Bertz CT molecular complexity index is 832. The summed E-state index contributed by atoms with van der Waals surface area (Å²) in [5.41, 5.74) is 2.61. The first-order valence-corrected chi connectivity index (χ1v) is 8.71. The van der Waals surface area contributed by atoms with Crippen LogP contribution in [0.15, 0.2) is 72.4 Å². The van der Waals surface area contributed by atoms with Gasteiger partial charge in [-0.3, -0.25) is 0 Å². The maximum absolute atomic E-state index is 12.4. The van der Waals surface area contributed by atoms with Gasteiger partial charge in [-0.15, -0.1) is 0 Å². The molecule has 2 aromatic carbocycles. The molecule has 1 unspecified atom stereocenters. The van der Waals surface area contributed by atoms with Gasteiger partial charge in [-0.1, -0.05) is 60.3 Å². The van der Waals surface area contributed by atoms with Crippen LogP contribution in [0.25, 0.3) is 0 Å².